The van der Waals surface area contributed by atoms with Gasteiger partial charge < -0.3 is 5.32 Å². The number of nitrogens with one attached hydrogen (secondary N) is 1. The second kappa shape index (κ2) is 4.93. The van der Waals surface area contributed by atoms with E-state index < -0.39 is 0 Å². The summed E-state index contributed by atoms with van der Waals surface area (Å²) in [5, 5.41) is 7.10. The molecule has 0 bridgehead atoms. The first-order valence-electron chi connectivity index (χ1n) is 6.95. The summed E-state index contributed by atoms with van der Waals surface area (Å²) in [7, 11) is 0. The van der Waals surface area contributed by atoms with Gasteiger partial charge in [0.1, 0.15) is 0 Å². The maximum Gasteiger partial charge on any atom is 0.0897 e. The lowest BCUT2D eigenvalue weighted by atomic mass is 9.80. The lowest BCUT2D eigenvalue weighted by molar-refractivity contribution is 0.226. The van der Waals surface area contributed by atoms with Crippen molar-refractivity contribution in [3.05, 3.63) is 16.1 Å². The van der Waals surface area contributed by atoms with Crippen LogP contribution < -0.4 is 5.32 Å². The highest BCUT2D eigenvalue weighted by molar-refractivity contribution is 7.09. The van der Waals surface area contributed by atoms with Crippen molar-refractivity contribution in [3.8, 4) is 0 Å². The van der Waals surface area contributed by atoms with Gasteiger partial charge in [0.25, 0.3) is 0 Å². The molecule has 3 heteroatoms. The van der Waals surface area contributed by atoms with Gasteiger partial charge in [-0.15, -0.1) is 11.3 Å². The summed E-state index contributed by atoms with van der Waals surface area (Å²) in [6.07, 6.45) is 3.90. The minimum Gasteiger partial charge on any atom is -0.312 e. The molecule has 18 heavy (non-hydrogen) atoms. The van der Waals surface area contributed by atoms with Crippen LogP contribution in [0.25, 0.3) is 0 Å². The number of aryl methyl sites for hydroxylation is 1. The van der Waals surface area contributed by atoms with Crippen LogP contribution in [0.2, 0.25) is 0 Å². The maximum atomic E-state index is 4.64. The van der Waals surface area contributed by atoms with Crippen molar-refractivity contribution < 1.29 is 0 Å². The molecule has 1 N–H and O–H groups in total. The largest absolute Gasteiger partial charge is 0.312 e. The summed E-state index contributed by atoms with van der Waals surface area (Å²) >= 11 is 1.77. The molecular weight excluding hydrogens is 240 g/mol. The van der Waals surface area contributed by atoms with Gasteiger partial charge in [0, 0.05) is 17.5 Å². The molecule has 0 spiro atoms. The molecular formula is C15H26N2S. The minimum absolute atomic E-state index is 0.203. The van der Waals surface area contributed by atoms with Gasteiger partial charge in [-0.05, 0) is 58.3 Å². The molecule has 0 aliphatic heterocycles. The zero-order valence-corrected chi connectivity index (χ0v) is 13.2. The van der Waals surface area contributed by atoms with Crippen molar-refractivity contribution in [1.82, 2.24) is 10.3 Å². The average molecular weight is 266 g/mol. The molecule has 1 aromatic heterocycles. The normalized spacial score (nSPS) is 19.8. The lowest BCUT2D eigenvalue weighted by Crippen LogP contribution is -2.44. The van der Waals surface area contributed by atoms with Crippen molar-refractivity contribution in [2.24, 2.45) is 11.3 Å². The van der Waals surface area contributed by atoms with Crippen molar-refractivity contribution in [2.45, 2.75) is 59.4 Å². The molecule has 1 heterocycles. The van der Waals surface area contributed by atoms with Gasteiger partial charge in [0.05, 0.1) is 10.7 Å². The Hall–Kier alpha value is -0.410. The third kappa shape index (κ3) is 3.79. The van der Waals surface area contributed by atoms with Crippen LogP contribution in [0.1, 0.15) is 51.2 Å². The fourth-order valence-corrected chi connectivity index (χ4v) is 3.11. The highest BCUT2D eigenvalue weighted by atomic mass is 32.1. The number of aromatic nitrogens is 1. The van der Waals surface area contributed by atoms with Gasteiger partial charge in [0.15, 0.2) is 0 Å². The van der Waals surface area contributed by atoms with E-state index in [2.05, 4.69) is 50.3 Å². The summed E-state index contributed by atoms with van der Waals surface area (Å²) in [5.41, 5.74) is 1.85. The molecule has 102 valence electrons. The number of nitrogens with zero attached hydrogens (tertiary/aromatic N) is 1. The minimum atomic E-state index is 0.203. The maximum absolute atomic E-state index is 4.64. The quantitative estimate of drug-likeness (QED) is 0.877. The van der Waals surface area contributed by atoms with Crippen LogP contribution in [0.15, 0.2) is 5.38 Å². The van der Waals surface area contributed by atoms with E-state index in [0.717, 1.165) is 18.9 Å². The standard InChI is InChI=1S/C15H26N2S/c1-11-17-13(9-18-11)8-15(5,12-6-7-12)10-16-14(2,3)4/h9,12,16H,6-8,10H2,1-5H3. The molecule has 2 rings (SSSR count). The Labute approximate surface area is 115 Å². The fourth-order valence-electron chi connectivity index (χ4n) is 2.50. The van der Waals surface area contributed by atoms with E-state index in [1.54, 1.807) is 11.3 Å². The Bertz CT molecular complexity index is 401. The molecule has 1 saturated carbocycles. The number of rotatable bonds is 5. The molecule has 2 nitrogen and oxygen atoms in total. The zero-order chi connectivity index (χ0) is 13.4. The topological polar surface area (TPSA) is 24.9 Å². The van der Waals surface area contributed by atoms with Crippen LogP contribution in [0.3, 0.4) is 0 Å². The molecule has 0 amide bonds. The summed E-state index contributed by atoms with van der Waals surface area (Å²) in [4.78, 5) is 4.64. The molecule has 0 aromatic carbocycles. The summed E-state index contributed by atoms with van der Waals surface area (Å²) in [6, 6.07) is 0. The molecule has 1 aliphatic carbocycles. The Morgan fingerprint density at radius 1 is 1.33 bits per heavy atom. The predicted molar refractivity (Wildman–Crippen MR) is 79.1 cm³/mol. The highest BCUT2D eigenvalue weighted by Crippen LogP contribution is 2.47. The van der Waals surface area contributed by atoms with Gasteiger partial charge in [0.2, 0.25) is 0 Å². The van der Waals surface area contributed by atoms with E-state index >= 15 is 0 Å². The smallest absolute Gasteiger partial charge is 0.0897 e. The van der Waals surface area contributed by atoms with E-state index in [-0.39, 0.29) is 5.54 Å². The van der Waals surface area contributed by atoms with Gasteiger partial charge in [-0.2, -0.15) is 0 Å². The van der Waals surface area contributed by atoms with Crippen LogP contribution >= 0.6 is 11.3 Å². The monoisotopic (exact) mass is 266 g/mol. The summed E-state index contributed by atoms with van der Waals surface area (Å²) < 4.78 is 0. The second-order valence-corrected chi connectivity index (χ2v) is 8.13. The van der Waals surface area contributed by atoms with E-state index in [9.17, 15) is 0 Å². The van der Waals surface area contributed by atoms with Gasteiger partial charge in [-0.1, -0.05) is 6.92 Å². The van der Waals surface area contributed by atoms with Crippen LogP contribution in [0, 0.1) is 18.3 Å². The van der Waals surface area contributed by atoms with E-state index in [1.165, 1.54) is 23.5 Å². The van der Waals surface area contributed by atoms with Gasteiger partial charge >= 0.3 is 0 Å². The van der Waals surface area contributed by atoms with Crippen molar-refractivity contribution in [2.75, 3.05) is 6.54 Å². The highest BCUT2D eigenvalue weighted by Gasteiger charge is 2.42. The Balaban J connectivity index is 2.02. The van der Waals surface area contributed by atoms with Crippen molar-refractivity contribution in [1.29, 1.82) is 0 Å². The Morgan fingerprint density at radius 3 is 2.44 bits per heavy atom. The van der Waals surface area contributed by atoms with E-state index in [4.69, 9.17) is 0 Å². The molecule has 1 aromatic rings. The number of hydrogen-bond acceptors (Lipinski definition) is 3. The first kappa shape index (κ1) is 14.0. The van der Waals surface area contributed by atoms with Crippen LogP contribution in [-0.2, 0) is 6.42 Å². The summed E-state index contributed by atoms with van der Waals surface area (Å²) in [5.74, 6) is 0.884. The second-order valence-electron chi connectivity index (χ2n) is 7.07. The van der Waals surface area contributed by atoms with Crippen LogP contribution in [0.5, 0.6) is 0 Å². The third-order valence-corrected chi connectivity index (χ3v) is 4.66. The predicted octanol–water partition coefficient (Wildman–Crippen LogP) is 3.80. The van der Waals surface area contributed by atoms with Crippen LogP contribution in [-0.4, -0.2) is 17.1 Å². The molecule has 1 aliphatic rings. The fraction of sp³-hybridized carbons (Fsp3) is 0.800. The number of thiazole rings is 1. The Kier molecular flexibility index (Phi) is 3.84. The van der Waals surface area contributed by atoms with E-state index in [1.807, 2.05) is 0 Å². The first-order valence-corrected chi connectivity index (χ1v) is 7.82. The molecule has 1 fully saturated rings. The molecule has 0 saturated heterocycles. The van der Waals surface area contributed by atoms with Crippen molar-refractivity contribution in [3.63, 3.8) is 0 Å². The lowest BCUT2D eigenvalue weighted by Gasteiger charge is -2.33. The van der Waals surface area contributed by atoms with E-state index in [0.29, 0.717) is 5.41 Å². The van der Waals surface area contributed by atoms with Gasteiger partial charge in [-0.25, -0.2) is 4.98 Å². The first-order chi connectivity index (χ1) is 8.28. The molecule has 1 atom stereocenters. The zero-order valence-electron chi connectivity index (χ0n) is 12.3. The molecule has 0 radical (unpaired) electrons. The SMILES string of the molecule is Cc1nc(CC(C)(CNC(C)(C)C)C2CC2)cs1. The number of hydrogen-bond donors (Lipinski definition) is 1. The third-order valence-electron chi connectivity index (χ3n) is 3.84. The molecule has 1 unspecified atom stereocenters. The van der Waals surface area contributed by atoms with Crippen LogP contribution in [0.4, 0.5) is 0 Å². The van der Waals surface area contributed by atoms with Gasteiger partial charge in [-0.3, -0.25) is 0 Å². The average Bonchev–Trinajstić information content (AvgIpc) is 3.01. The summed E-state index contributed by atoms with van der Waals surface area (Å²) in [6.45, 7) is 12.3. The van der Waals surface area contributed by atoms with Crippen molar-refractivity contribution >= 4 is 11.3 Å². The Morgan fingerprint density at radius 2 is 2.00 bits per heavy atom.